The molecule has 0 aromatic heterocycles. The quantitative estimate of drug-likeness (QED) is 0.639. The van der Waals surface area contributed by atoms with Crippen molar-refractivity contribution in [3.63, 3.8) is 0 Å². The number of carbonyl (C=O) groups excluding carboxylic acids is 1. The SMILES string of the molecule is CO[C@H]1CNC[C@@H]1NC(=O)C(C)C. The summed E-state index contributed by atoms with van der Waals surface area (Å²) in [5, 5.41) is 6.13. The number of rotatable bonds is 3. The van der Waals surface area contributed by atoms with Crippen molar-refractivity contribution in [2.24, 2.45) is 5.92 Å². The summed E-state index contributed by atoms with van der Waals surface area (Å²) in [5.74, 6) is 0.133. The van der Waals surface area contributed by atoms with Crippen LogP contribution in [0.2, 0.25) is 0 Å². The fourth-order valence-electron chi connectivity index (χ4n) is 1.40. The average Bonchev–Trinajstić information content (AvgIpc) is 2.51. The molecule has 4 nitrogen and oxygen atoms in total. The molecule has 1 rings (SSSR count). The van der Waals surface area contributed by atoms with E-state index in [-0.39, 0.29) is 24.0 Å². The summed E-state index contributed by atoms with van der Waals surface area (Å²) in [5.41, 5.74) is 0. The fraction of sp³-hybridized carbons (Fsp3) is 0.889. The third-order valence-electron chi connectivity index (χ3n) is 2.31. The Morgan fingerprint density at radius 1 is 1.54 bits per heavy atom. The highest BCUT2D eigenvalue weighted by Gasteiger charge is 2.28. The molecule has 0 aromatic rings. The summed E-state index contributed by atoms with van der Waals surface area (Å²) in [7, 11) is 1.67. The van der Waals surface area contributed by atoms with Crippen molar-refractivity contribution in [2.45, 2.75) is 26.0 Å². The second kappa shape index (κ2) is 4.58. The minimum Gasteiger partial charge on any atom is -0.378 e. The van der Waals surface area contributed by atoms with E-state index in [2.05, 4.69) is 10.6 Å². The number of amides is 1. The van der Waals surface area contributed by atoms with E-state index in [4.69, 9.17) is 4.74 Å². The molecule has 0 spiro atoms. The Kier molecular flexibility index (Phi) is 3.69. The zero-order chi connectivity index (χ0) is 9.84. The Hall–Kier alpha value is -0.610. The van der Waals surface area contributed by atoms with E-state index >= 15 is 0 Å². The summed E-state index contributed by atoms with van der Waals surface area (Å²) in [6.07, 6.45) is 0.114. The average molecular weight is 186 g/mol. The van der Waals surface area contributed by atoms with Gasteiger partial charge in [0.2, 0.25) is 5.91 Å². The van der Waals surface area contributed by atoms with Crippen molar-refractivity contribution in [3.8, 4) is 0 Å². The number of hydrogen-bond acceptors (Lipinski definition) is 3. The molecular weight excluding hydrogens is 168 g/mol. The van der Waals surface area contributed by atoms with Crippen molar-refractivity contribution in [1.82, 2.24) is 10.6 Å². The van der Waals surface area contributed by atoms with E-state index in [9.17, 15) is 4.79 Å². The van der Waals surface area contributed by atoms with Crippen molar-refractivity contribution < 1.29 is 9.53 Å². The third kappa shape index (κ3) is 2.67. The van der Waals surface area contributed by atoms with Crippen LogP contribution in [0.1, 0.15) is 13.8 Å². The minimum atomic E-state index is 0.0399. The van der Waals surface area contributed by atoms with Gasteiger partial charge in [0.05, 0.1) is 12.1 Å². The predicted octanol–water partition coefficient (Wildman–Crippen LogP) is -0.255. The van der Waals surface area contributed by atoms with Crippen molar-refractivity contribution in [1.29, 1.82) is 0 Å². The smallest absolute Gasteiger partial charge is 0.222 e. The highest BCUT2D eigenvalue weighted by atomic mass is 16.5. The molecular formula is C9H18N2O2. The van der Waals surface area contributed by atoms with Crippen LogP contribution < -0.4 is 10.6 Å². The first kappa shape index (κ1) is 10.5. The second-order valence-corrected chi connectivity index (χ2v) is 3.70. The molecule has 4 heteroatoms. The normalized spacial score (nSPS) is 28.0. The van der Waals surface area contributed by atoms with Gasteiger partial charge in [-0.25, -0.2) is 0 Å². The number of ether oxygens (including phenoxy) is 1. The summed E-state index contributed by atoms with van der Waals surface area (Å²) >= 11 is 0. The summed E-state index contributed by atoms with van der Waals surface area (Å²) < 4.78 is 5.23. The third-order valence-corrected chi connectivity index (χ3v) is 2.31. The van der Waals surface area contributed by atoms with Gasteiger partial charge in [-0.3, -0.25) is 4.79 Å². The van der Waals surface area contributed by atoms with Gasteiger partial charge < -0.3 is 15.4 Å². The summed E-state index contributed by atoms with van der Waals surface area (Å²) in [6, 6.07) is 0.125. The molecule has 0 saturated carbocycles. The van der Waals surface area contributed by atoms with Gasteiger partial charge in [0, 0.05) is 26.1 Å². The predicted molar refractivity (Wildman–Crippen MR) is 50.4 cm³/mol. The second-order valence-electron chi connectivity index (χ2n) is 3.70. The summed E-state index contributed by atoms with van der Waals surface area (Å²) in [6.45, 7) is 5.40. The molecule has 1 fully saturated rings. The molecule has 2 N–H and O–H groups in total. The number of methoxy groups -OCH3 is 1. The van der Waals surface area contributed by atoms with Gasteiger partial charge in [0.25, 0.3) is 0 Å². The van der Waals surface area contributed by atoms with Gasteiger partial charge in [-0.1, -0.05) is 13.8 Å². The molecule has 76 valence electrons. The Labute approximate surface area is 79.0 Å². The standard InChI is InChI=1S/C9H18N2O2/c1-6(2)9(12)11-7-4-10-5-8(7)13-3/h6-8,10H,4-5H2,1-3H3,(H,11,12)/t7-,8-/m0/s1. The highest BCUT2D eigenvalue weighted by molar-refractivity contribution is 5.78. The van der Waals surface area contributed by atoms with Gasteiger partial charge >= 0.3 is 0 Å². The molecule has 0 aliphatic carbocycles. The van der Waals surface area contributed by atoms with Crippen LogP contribution in [0.4, 0.5) is 0 Å². The molecule has 0 unspecified atom stereocenters. The lowest BCUT2D eigenvalue weighted by Gasteiger charge is -2.19. The molecule has 1 saturated heterocycles. The first-order valence-electron chi connectivity index (χ1n) is 4.69. The molecule has 13 heavy (non-hydrogen) atoms. The molecule has 1 aliphatic heterocycles. The van der Waals surface area contributed by atoms with E-state index in [1.807, 2.05) is 13.8 Å². The molecule has 0 radical (unpaired) electrons. The number of nitrogens with one attached hydrogen (secondary N) is 2. The van der Waals surface area contributed by atoms with E-state index in [1.165, 1.54) is 0 Å². The Morgan fingerprint density at radius 3 is 2.77 bits per heavy atom. The fourth-order valence-corrected chi connectivity index (χ4v) is 1.40. The first-order chi connectivity index (χ1) is 6.15. The zero-order valence-electron chi connectivity index (χ0n) is 8.46. The van der Waals surface area contributed by atoms with Crippen LogP contribution in [0, 0.1) is 5.92 Å². The highest BCUT2D eigenvalue weighted by Crippen LogP contribution is 2.04. The van der Waals surface area contributed by atoms with Crippen molar-refractivity contribution in [2.75, 3.05) is 20.2 Å². The van der Waals surface area contributed by atoms with Gasteiger partial charge in [-0.2, -0.15) is 0 Å². The van der Waals surface area contributed by atoms with Crippen LogP contribution in [0.15, 0.2) is 0 Å². The van der Waals surface area contributed by atoms with E-state index in [1.54, 1.807) is 7.11 Å². The molecule has 1 amide bonds. The Balaban J connectivity index is 2.39. The van der Waals surface area contributed by atoms with Crippen LogP contribution >= 0.6 is 0 Å². The molecule has 0 bridgehead atoms. The van der Waals surface area contributed by atoms with Gasteiger partial charge in [-0.15, -0.1) is 0 Å². The maximum absolute atomic E-state index is 11.4. The first-order valence-corrected chi connectivity index (χ1v) is 4.69. The van der Waals surface area contributed by atoms with Gasteiger partial charge in [-0.05, 0) is 0 Å². The monoisotopic (exact) mass is 186 g/mol. The van der Waals surface area contributed by atoms with Crippen LogP contribution in [0.5, 0.6) is 0 Å². The van der Waals surface area contributed by atoms with Crippen molar-refractivity contribution >= 4 is 5.91 Å². The van der Waals surface area contributed by atoms with Crippen LogP contribution in [-0.2, 0) is 9.53 Å². The Bertz CT molecular complexity index is 182. The molecule has 1 heterocycles. The largest absolute Gasteiger partial charge is 0.378 e. The van der Waals surface area contributed by atoms with Crippen LogP contribution in [-0.4, -0.2) is 38.3 Å². The van der Waals surface area contributed by atoms with E-state index < -0.39 is 0 Å². The van der Waals surface area contributed by atoms with E-state index in [0.717, 1.165) is 13.1 Å². The number of hydrogen-bond donors (Lipinski definition) is 2. The lowest BCUT2D eigenvalue weighted by molar-refractivity contribution is -0.125. The molecule has 0 aromatic carbocycles. The van der Waals surface area contributed by atoms with Crippen LogP contribution in [0.25, 0.3) is 0 Å². The van der Waals surface area contributed by atoms with Crippen LogP contribution in [0.3, 0.4) is 0 Å². The maximum Gasteiger partial charge on any atom is 0.222 e. The van der Waals surface area contributed by atoms with Gasteiger partial charge in [0.1, 0.15) is 0 Å². The lowest BCUT2D eigenvalue weighted by Crippen LogP contribution is -2.45. The minimum absolute atomic E-state index is 0.0399. The molecule has 2 atom stereocenters. The maximum atomic E-state index is 11.4. The lowest BCUT2D eigenvalue weighted by atomic mass is 10.1. The Morgan fingerprint density at radius 2 is 2.23 bits per heavy atom. The van der Waals surface area contributed by atoms with Gasteiger partial charge in [0.15, 0.2) is 0 Å². The molecule has 1 aliphatic rings. The summed E-state index contributed by atoms with van der Waals surface area (Å²) in [4.78, 5) is 11.4. The number of carbonyl (C=O) groups is 1. The van der Waals surface area contributed by atoms with Crippen molar-refractivity contribution in [3.05, 3.63) is 0 Å². The zero-order valence-corrected chi connectivity index (χ0v) is 8.46. The topological polar surface area (TPSA) is 50.4 Å². The van der Waals surface area contributed by atoms with E-state index in [0.29, 0.717) is 0 Å².